The minimum atomic E-state index is 0.0806. The van der Waals surface area contributed by atoms with E-state index in [4.69, 9.17) is 14.2 Å². The number of fused-ring (bicyclic) bond motifs is 1. The summed E-state index contributed by atoms with van der Waals surface area (Å²) >= 11 is 0. The molecular weight excluding hydrogens is 342 g/mol. The van der Waals surface area contributed by atoms with Crippen LogP contribution in [0.25, 0.3) is 11.1 Å². The molecule has 0 N–H and O–H groups in total. The third-order valence-electron chi connectivity index (χ3n) is 5.06. The number of rotatable bonds is 5. The smallest absolute Gasteiger partial charge is 0.253 e. The summed E-state index contributed by atoms with van der Waals surface area (Å²) in [4.78, 5) is 14.8. The van der Waals surface area contributed by atoms with Gasteiger partial charge in [-0.25, -0.2) is 0 Å². The molecule has 0 aromatic heterocycles. The summed E-state index contributed by atoms with van der Waals surface area (Å²) in [5.74, 6) is 1.62. The van der Waals surface area contributed by atoms with Crippen molar-refractivity contribution in [1.82, 2.24) is 4.90 Å². The first kappa shape index (κ1) is 17.9. The Morgan fingerprint density at radius 3 is 2.70 bits per heavy atom. The van der Waals surface area contributed by atoms with E-state index in [0.29, 0.717) is 6.54 Å². The molecule has 2 aliphatic rings. The van der Waals surface area contributed by atoms with Gasteiger partial charge in [0.25, 0.3) is 5.91 Å². The Bertz CT molecular complexity index is 802. The molecule has 1 amide bonds. The van der Waals surface area contributed by atoms with E-state index in [-0.39, 0.29) is 18.8 Å². The lowest BCUT2D eigenvalue weighted by Crippen LogP contribution is -2.43. The number of piperidine rings is 1. The molecule has 2 aromatic rings. The van der Waals surface area contributed by atoms with Gasteiger partial charge in [0.1, 0.15) is 0 Å². The molecule has 1 saturated heterocycles. The highest BCUT2D eigenvalue weighted by Gasteiger charge is 2.25. The number of carbonyl (C=O) groups excluding carboxylic acids is 1. The van der Waals surface area contributed by atoms with Gasteiger partial charge in [-0.2, -0.15) is 0 Å². The number of benzene rings is 2. The highest BCUT2D eigenvalue weighted by Crippen LogP contribution is 2.36. The zero-order valence-electron chi connectivity index (χ0n) is 15.6. The largest absolute Gasteiger partial charge is 0.454 e. The molecule has 0 radical (unpaired) electrons. The van der Waals surface area contributed by atoms with Crippen LogP contribution >= 0.6 is 0 Å². The predicted molar refractivity (Wildman–Crippen MR) is 103 cm³/mol. The van der Waals surface area contributed by atoms with Gasteiger partial charge in [-0.15, -0.1) is 0 Å². The molecular formula is C22H25NO4. The Morgan fingerprint density at radius 1 is 1.11 bits per heavy atom. The average molecular weight is 367 g/mol. The van der Waals surface area contributed by atoms with Crippen LogP contribution in [0.2, 0.25) is 0 Å². The quantitative estimate of drug-likeness (QED) is 0.798. The first-order chi connectivity index (χ1) is 13.2. The number of amides is 1. The second-order valence-corrected chi connectivity index (χ2v) is 7.03. The van der Waals surface area contributed by atoms with Crippen molar-refractivity contribution in [2.24, 2.45) is 0 Å². The number of carbonyl (C=O) groups is 1. The van der Waals surface area contributed by atoms with Gasteiger partial charge in [0.2, 0.25) is 6.79 Å². The molecule has 0 aliphatic carbocycles. The molecule has 0 saturated carbocycles. The van der Waals surface area contributed by atoms with Gasteiger partial charge in [-0.05, 0) is 54.7 Å². The standard InChI is InChI=1S/C22H25NO4/c1-2-12-25-19-4-3-11-23(14-19)22(24)17-7-5-16(6-8-17)18-9-10-20-21(13-18)27-15-26-20/h5-10,13,19H,2-4,11-12,14-15H2,1H3. The van der Waals surface area contributed by atoms with Crippen LogP contribution < -0.4 is 9.47 Å². The molecule has 27 heavy (non-hydrogen) atoms. The van der Waals surface area contributed by atoms with Crippen molar-refractivity contribution < 1.29 is 19.0 Å². The minimum absolute atomic E-state index is 0.0806. The molecule has 0 spiro atoms. The molecule has 5 nitrogen and oxygen atoms in total. The van der Waals surface area contributed by atoms with E-state index in [9.17, 15) is 4.79 Å². The summed E-state index contributed by atoms with van der Waals surface area (Å²) in [7, 11) is 0. The average Bonchev–Trinajstić information content (AvgIpc) is 3.20. The van der Waals surface area contributed by atoms with Crippen LogP contribution in [-0.4, -0.2) is 43.4 Å². The van der Waals surface area contributed by atoms with E-state index in [1.807, 2.05) is 47.4 Å². The van der Waals surface area contributed by atoms with Crippen molar-refractivity contribution >= 4 is 5.91 Å². The van der Waals surface area contributed by atoms with E-state index < -0.39 is 0 Å². The van der Waals surface area contributed by atoms with Gasteiger partial charge in [0.15, 0.2) is 11.5 Å². The van der Waals surface area contributed by atoms with Crippen molar-refractivity contribution in [3.8, 4) is 22.6 Å². The molecule has 4 rings (SSSR count). The fourth-order valence-corrected chi connectivity index (χ4v) is 3.61. The maximum absolute atomic E-state index is 12.9. The van der Waals surface area contributed by atoms with E-state index in [1.165, 1.54) is 0 Å². The molecule has 0 bridgehead atoms. The van der Waals surface area contributed by atoms with Gasteiger partial charge in [-0.1, -0.05) is 25.1 Å². The third kappa shape index (κ3) is 3.93. The second-order valence-electron chi connectivity index (χ2n) is 7.03. The summed E-state index contributed by atoms with van der Waals surface area (Å²) in [6, 6.07) is 13.7. The Kier molecular flexibility index (Phi) is 5.30. The molecule has 1 fully saturated rings. The van der Waals surface area contributed by atoms with Crippen LogP contribution in [0.3, 0.4) is 0 Å². The van der Waals surface area contributed by atoms with Gasteiger partial charge in [0, 0.05) is 25.3 Å². The summed E-state index contributed by atoms with van der Waals surface area (Å²) in [6.45, 7) is 4.62. The number of hydrogen-bond acceptors (Lipinski definition) is 4. The van der Waals surface area contributed by atoms with Gasteiger partial charge >= 0.3 is 0 Å². The fraction of sp³-hybridized carbons (Fsp3) is 0.409. The lowest BCUT2D eigenvalue weighted by atomic mass is 10.0. The van der Waals surface area contributed by atoms with Crippen LogP contribution in [0, 0.1) is 0 Å². The van der Waals surface area contributed by atoms with Crippen LogP contribution in [0.15, 0.2) is 42.5 Å². The fourth-order valence-electron chi connectivity index (χ4n) is 3.61. The van der Waals surface area contributed by atoms with Crippen LogP contribution in [0.4, 0.5) is 0 Å². The maximum Gasteiger partial charge on any atom is 0.253 e. The highest BCUT2D eigenvalue weighted by molar-refractivity contribution is 5.94. The maximum atomic E-state index is 12.9. The van der Waals surface area contributed by atoms with E-state index in [1.54, 1.807) is 0 Å². The second kappa shape index (κ2) is 8.01. The van der Waals surface area contributed by atoms with Crippen LogP contribution in [0.1, 0.15) is 36.5 Å². The van der Waals surface area contributed by atoms with Crippen molar-refractivity contribution in [2.75, 3.05) is 26.5 Å². The van der Waals surface area contributed by atoms with E-state index >= 15 is 0 Å². The van der Waals surface area contributed by atoms with Crippen LogP contribution in [-0.2, 0) is 4.74 Å². The van der Waals surface area contributed by atoms with Crippen molar-refractivity contribution in [1.29, 1.82) is 0 Å². The van der Waals surface area contributed by atoms with E-state index in [2.05, 4.69) is 6.92 Å². The molecule has 2 aliphatic heterocycles. The molecule has 2 heterocycles. The first-order valence-corrected chi connectivity index (χ1v) is 9.65. The number of hydrogen-bond donors (Lipinski definition) is 0. The Balaban J connectivity index is 1.44. The molecule has 142 valence electrons. The van der Waals surface area contributed by atoms with Crippen LogP contribution in [0.5, 0.6) is 11.5 Å². The predicted octanol–water partition coefficient (Wildman–Crippen LogP) is 4.11. The third-order valence-corrected chi connectivity index (χ3v) is 5.06. The molecule has 5 heteroatoms. The summed E-state index contributed by atoms with van der Waals surface area (Å²) in [5, 5.41) is 0. The number of nitrogens with zero attached hydrogens (tertiary/aromatic N) is 1. The minimum Gasteiger partial charge on any atom is -0.454 e. The zero-order chi connectivity index (χ0) is 18.6. The van der Waals surface area contributed by atoms with Crippen molar-refractivity contribution in [2.45, 2.75) is 32.3 Å². The number of ether oxygens (including phenoxy) is 3. The summed E-state index contributed by atoms with van der Waals surface area (Å²) in [5.41, 5.74) is 2.81. The summed E-state index contributed by atoms with van der Waals surface area (Å²) in [6.07, 6.45) is 3.20. The Labute approximate surface area is 159 Å². The lowest BCUT2D eigenvalue weighted by molar-refractivity contribution is 0.00211. The first-order valence-electron chi connectivity index (χ1n) is 9.65. The van der Waals surface area contributed by atoms with Crippen molar-refractivity contribution in [3.63, 3.8) is 0 Å². The molecule has 1 atom stereocenters. The summed E-state index contributed by atoms with van der Waals surface area (Å²) < 4.78 is 16.6. The lowest BCUT2D eigenvalue weighted by Gasteiger charge is -2.32. The Hall–Kier alpha value is -2.53. The zero-order valence-corrected chi connectivity index (χ0v) is 15.6. The monoisotopic (exact) mass is 367 g/mol. The SMILES string of the molecule is CCCOC1CCCN(C(=O)c2ccc(-c3ccc4c(c3)OCO4)cc2)C1. The topological polar surface area (TPSA) is 48.0 Å². The van der Waals surface area contributed by atoms with Gasteiger partial charge in [-0.3, -0.25) is 4.79 Å². The van der Waals surface area contributed by atoms with Gasteiger partial charge < -0.3 is 19.1 Å². The van der Waals surface area contributed by atoms with Crippen molar-refractivity contribution in [3.05, 3.63) is 48.0 Å². The Morgan fingerprint density at radius 2 is 1.89 bits per heavy atom. The van der Waals surface area contributed by atoms with Gasteiger partial charge in [0.05, 0.1) is 6.10 Å². The molecule has 2 aromatic carbocycles. The molecule has 1 unspecified atom stereocenters. The van der Waals surface area contributed by atoms with E-state index in [0.717, 1.165) is 60.6 Å². The highest BCUT2D eigenvalue weighted by atomic mass is 16.7. The normalized spacial score (nSPS) is 18.6. The number of likely N-dealkylation sites (tertiary alicyclic amines) is 1.